The van der Waals surface area contributed by atoms with E-state index in [0.29, 0.717) is 0 Å². The molecule has 0 fully saturated rings. The lowest BCUT2D eigenvalue weighted by Crippen LogP contribution is -2.12. The summed E-state index contributed by atoms with van der Waals surface area (Å²) in [6.45, 7) is 2.95. The van der Waals surface area contributed by atoms with Crippen LogP contribution in [0.5, 0.6) is 0 Å². The van der Waals surface area contributed by atoms with Crippen molar-refractivity contribution in [2.45, 2.75) is 25.9 Å². The Labute approximate surface area is 85.2 Å². The minimum Gasteiger partial charge on any atom is -0.393 e. The second-order valence-corrected chi connectivity index (χ2v) is 4.19. The molecule has 2 nitrogen and oxygen atoms in total. The molecule has 1 N–H and O–H groups in total. The van der Waals surface area contributed by atoms with Gasteiger partial charge in [0.1, 0.15) is 0 Å². The Kier molecular flexibility index (Phi) is 2.46. The summed E-state index contributed by atoms with van der Waals surface area (Å²) < 4.78 is 0. The lowest BCUT2D eigenvalue weighted by molar-refractivity contribution is 0.195. The fraction of sp³-hybridized carbons (Fsp3) is 0.500. The summed E-state index contributed by atoms with van der Waals surface area (Å²) in [4.78, 5) is 2.28. The summed E-state index contributed by atoms with van der Waals surface area (Å²) in [6, 6.07) is 6.51. The molecule has 2 rings (SSSR count). The van der Waals surface area contributed by atoms with E-state index in [9.17, 15) is 5.11 Å². The molecule has 1 aliphatic rings. The molecule has 0 saturated carbocycles. The molecule has 0 bridgehead atoms. The Morgan fingerprint density at radius 2 is 2.29 bits per heavy atom. The number of benzene rings is 1. The first-order valence-electron chi connectivity index (χ1n) is 5.18. The maximum Gasteiger partial charge on any atom is 0.0552 e. The lowest BCUT2D eigenvalue weighted by Gasteiger charge is -2.12. The minimum atomic E-state index is -0.243. The number of hydrogen-bond acceptors (Lipinski definition) is 2. The van der Waals surface area contributed by atoms with Crippen molar-refractivity contribution in [2.24, 2.45) is 0 Å². The molecule has 0 aliphatic carbocycles. The van der Waals surface area contributed by atoms with Crippen molar-refractivity contribution in [1.29, 1.82) is 0 Å². The van der Waals surface area contributed by atoms with E-state index in [2.05, 4.69) is 30.1 Å². The fourth-order valence-electron chi connectivity index (χ4n) is 2.09. The Hall–Kier alpha value is -1.02. The van der Waals surface area contributed by atoms with Crippen LogP contribution in [0.2, 0.25) is 0 Å². The molecule has 0 amide bonds. The maximum absolute atomic E-state index is 9.30. The summed E-state index contributed by atoms with van der Waals surface area (Å²) in [5, 5.41) is 9.30. The second-order valence-electron chi connectivity index (χ2n) is 4.19. The van der Waals surface area contributed by atoms with E-state index in [-0.39, 0.29) is 6.10 Å². The zero-order chi connectivity index (χ0) is 10.1. The topological polar surface area (TPSA) is 23.5 Å². The number of hydrogen-bond donors (Lipinski definition) is 1. The van der Waals surface area contributed by atoms with Gasteiger partial charge < -0.3 is 10.0 Å². The summed E-state index contributed by atoms with van der Waals surface area (Å²) in [7, 11) is 2.13. The Morgan fingerprint density at radius 3 is 3.00 bits per heavy atom. The molecule has 1 atom stereocenters. The maximum atomic E-state index is 9.30. The van der Waals surface area contributed by atoms with Crippen LogP contribution in [0.15, 0.2) is 18.2 Å². The third-order valence-corrected chi connectivity index (χ3v) is 2.80. The Balaban J connectivity index is 2.24. The van der Waals surface area contributed by atoms with Crippen molar-refractivity contribution in [2.75, 3.05) is 18.5 Å². The van der Waals surface area contributed by atoms with Gasteiger partial charge in [-0.25, -0.2) is 0 Å². The van der Waals surface area contributed by atoms with Crippen molar-refractivity contribution in [1.82, 2.24) is 0 Å². The predicted octanol–water partition coefficient (Wildman–Crippen LogP) is 1.60. The molecule has 0 aromatic heterocycles. The van der Waals surface area contributed by atoms with E-state index < -0.39 is 0 Å². The molecule has 76 valence electrons. The second kappa shape index (κ2) is 3.62. The highest BCUT2D eigenvalue weighted by atomic mass is 16.3. The molecule has 1 aromatic carbocycles. The summed E-state index contributed by atoms with van der Waals surface area (Å²) in [5.74, 6) is 0. The first-order chi connectivity index (χ1) is 6.66. The van der Waals surface area contributed by atoms with Gasteiger partial charge in [-0.2, -0.15) is 0 Å². The summed E-state index contributed by atoms with van der Waals surface area (Å²) in [6.07, 6.45) is 1.66. The summed E-state index contributed by atoms with van der Waals surface area (Å²) in [5.41, 5.74) is 4.01. The first kappa shape index (κ1) is 9.53. The molecule has 1 heterocycles. The van der Waals surface area contributed by atoms with Gasteiger partial charge in [0.15, 0.2) is 0 Å². The van der Waals surface area contributed by atoms with Gasteiger partial charge >= 0.3 is 0 Å². The third-order valence-electron chi connectivity index (χ3n) is 2.80. The lowest BCUT2D eigenvalue weighted by atomic mass is 10.0. The van der Waals surface area contributed by atoms with Gasteiger partial charge in [-0.3, -0.25) is 0 Å². The van der Waals surface area contributed by atoms with Crippen LogP contribution in [0.1, 0.15) is 18.1 Å². The van der Waals surface area contributed by atoms with Crippen molar-refractivity contribution >= 4 is 5.69 Å². The van der Waals surface area contributed by atoms with Gasteiger partial charge in [0, 0.05) is 19.3 Å². The average Bonchev–Trinajstić information content (AvgIpc) is 2.46. The van der Waals surface area contributed by atoms with E-state index in [4.69, 9.17) is 0 Å². The number of aliphatic hydroxyl groups excluding tert-OH is 1. The van der Waals surface area contributed by atoms with E-state index >= 15 is 0 Å². The number of likely N-dealkylation sites (N-methyl/N-ethyl adjacent to an activating group) is 1. The largest absolute Gasteiger partial charge is 0.393 e. The van der Waals surface area contributed by atoms with Crippen molar-refractivity contribution in [3.05, 3.63) is 29.3 Å². The van der Waals surface area contributed by atoms with Gasteiger partial charge in [-0.05, 0) is 37.0 Å². The predicted molar refractivity (Wildman–Crippen MR) is 58.8 cm³/mol. The number of aliphatic hydroxyl groups is 1. The zero-order valence-corrected chi connectivity index (χ0v) is 8.83. The van der Waals surface area contributed by atoms with Gasteiger partial charge in [0.25, 0.3) is 0 Å². The highest BCUT2D eigenvalue weighted by Gasteiger charge is 2.15. The quantitative estimate of drug-likeness (QED) is 0.767. The zero-order valence-electron chi connectivity index (χ0n) is 8.83. The molecular formula is C12H17NO. The molecule has 0 spiro atoms. The van der Waals surface area contributed by atoms with E-state index in [1.807, 2.05) is 6.92 Å². The molecule has 1 aliphatic heterocycles. The van der Waals surface area contributed by atoms with Crippen LogP contribution in [-0.2, 0) is 12.8 Å². The summed E-state index contributed by atoms with van der Waals surface area (Å²) >= 11 is 0. The standard InChI is InChI=1S/C12H17NO/c1-9(14)7-10-3-4-12-11(8-10)5-6-13(12)2/h3-4,8-9,14H,5-7H2,1-2H3. The van der Waals surface area contributed by atoms with Crippen LogP contribution in [0.3, 0.4) is 0 Å². The molecule has 2 heteroatoms. The van der Waals surface area contributed by atoms with E-state index in [1.54, 1.807) is 0 Å². The third kappa shape index (κ3) is 1.75. The van der Waals surface area contributed by atoms with Crippen molar-refractivity contribution < 1.29 is 5.11 Å². The van der Waals surface area contributed by atoms with Gasteiger partial charge in [0.05, 0.1) is 6.10 Å². The number of anilines is 1. The van der Waals surface area contributed by atoms with E-state index in [1.165, 1.54) is 16.8 Å². The van der Waals surface area contributed by atoms with Gasteiger partial charge in [-0.1, -0.05) is 12.1 Å². The fourth-order valence-corrected chi connectivity index (χ4v) is 2.09. The number of rotatable bonds is 2. The van der Waals surface area contributed by atoms with E-state index in [0.717, 1.165) is 19.4 Å². The van der Waals surface area contributed by atoms with Crippen molar-refractivity contribution in [3.63, 3.8) is 0 Å². The SMILES string of the molecule is CC(O)Cc1ccc2c(c1)CCN2C. The smallest absolute Gasteiger partial charge is 0.0552 e. The highest BCUT2D eigenvalue weighted by Crippen LogP contribution is 2.27. The van der Waals surface area contributed by atoms with Crippen LogP contribution in [0, 0.1) is 0 Å². The monoisotopic (exact) mass is 191 g/mol. The molecule has 1 aromatic rings. The molecule has 0 saturated heterocycles. The number of nitrogens with zero attached hydrogens (tertiary/aromatic N) is 1. The molecular weight excluding hydrogens is 174 g/mol. The normalized spacial score (nSPS) is 16.9. The average molecular weight is 191 g/mol. The Bertz CT molecular complexity index is 333. The molecule has 14 heavy (non-hydrogen) atoms. The first-order valence-corrected chi connectivity index (χ1v) is 5.18. The van der Waals surface area contributed by atoms with Crippen LogP contribution < -0.4 is 4.90 Å². The van der Waals surface area contributed by atoms with Crippen LogP contribution in [0.25, 0.3) is 0 Å². The van der Waals surface area contributed by atoms with Crippen molar-refractivity contribution in [3.8, 4) is 0 Å². The minimum absolute atomic E-state index is 0.243. The molecule has 0 radical (unpaired) electrons. The molecule has 1 unspecified atom stereocenters. The number of fused-ring (bicyclic) bond motifs is 1. The van der Waals surface area contributed by atoms with Crippen LogP contribution in [-0.4, -0.2) is 24.8 Å². The van der Waals surface area contributed by atoms with Gasteiger partial charge in [-0.15, -0.1) is 0 Å². The van der Waals surface area contributed by atoms with Gasteiger partial charge in [0.2, 0.25) is 0 Å². The Morgan fingerprint density at radius 1 is 1.50 bits per heavy atom. The van der Waals surface area contributed by atoms with Crippen LogP contribution >= 0.6 is 0 Å². The highest BCUT2D eigenvalue weighted by molar-refractivity contribution is 5.58. The van der Waals surface area contributed by atoms with Crippen LogP contribution in [0.4, 0.5) is 5.69 Å².